The molecule has 1 N–H and O–H groups in total. The van der Waals surface area contributed by atoms with Crippen LogP contribution in [0.15, 0.2) is 109 Å². The minimum absolute atomic E-state index is 0.123. The summed E-state index contributed by atoms with van der Waals surface area (Å²) in [5, 5.41) is 3.25. The molecule has 1 amide bonds. The molecule has 4 aromatic carbocycles. The van der Waals surface area contributed by atoms with Crippen LogP contribution < -0.4 is 14.8 Å². The average Bonchev–Trinajstić information content (AvgIpc) is 3.26. The van der Waals surface area contributed by atoms with Crippen LogP contribution in [0.25, 0.3) is 4.85 Å². The Labute approximate surface area is 352 Å². The van der Waals surface area contributed by atoms with E-state index in [4.69, 9.17) is 39.3 Å². The molecule has 1 aliphatic heterocycles. The van der Waals surface area contributed by atoms with Gasteiger partial charge in [0, 0.05) is 23.6 Å². The lowest BCUT2D eigenvalue weighted by Gasteiger charge is -2.47. The highest BCUT2D eigenvalue weighted by atomic mass is 31.2. The summed E-state index contributed by atoms with van der Waals surface area (Å²) in [7, 11) is 1.72. The van der Waals surface area contributed by atoms with Gasteiger partial charge >= 0.3 is 0 Å². The zero-order valence-electron chi connectivity index (χ0n) is 35.6. The lowest BCUT2D eigenvalue weighted by Crippen LogP contribution is -2.61. The average molecular weight is 826 g/mol. The molecular formula is C47H60N3O8P. The second-order valence-corrected chi connectivity index (χ2v) is 16.4. The van der Waals surface area contributed by atoms with Crippen molar-refractivity contribution in [3.8, 4) is 11.5 Å². The van der Waals surface area contributed by atoms with Crippen LogP contribution in [0, 0.1) is 12.5 Å². The third-order valence-electron chi connectivity index (χ3n) is 10.5. The zero-order chi connectivity index (χ0) is 42.4. The number of amides is 1. The van der Waals surface area contributed by atoms with E-state index in [0.29, 0.717) is 12.0 Å². The summed E-state index contributed by atoms with van der Waals surface area (Å²) in [5.74, 6) is 0.966. The summed E-state index contributed by atoms with van der Waals surface area (Å²) < 4.78 is 47.0. The van der Waals surface area contributed by atoms with E-state index in [1.54, 1.807) is 26.4 Å². The third kappa shape index (κ3) is 11.3. The van der Waals surface area contributed by atoms with Crippen molar-refractivity contribution >= 4 is 14.4 Å². The molecule has 0 aromatic heterocycles. The summed E-state index contributed by atoms with van der Waals surface area (Å²) in [5.41, 5.74) is 2.24. The van der Waals surface area contributed by atoms with Gasteiger partial charge in [-0.2, -0.15) is 0 Å². The normalized spacial score (nSPS) is 20.0. The van der Waals surface area contributed by atoms with Crippen LogP contribution in [0.1, 0.15) is 75.0 Å². The lowest BCUT2D eigenvalue weighted by atomic mass is 9.80. The number of benzene rings is 4. The fourth-order valence-electron chi connectivity index (χ4n) is 7.61. The van der Waals surface area contributed by atoms with Crippen molar-refractivity contribution in [2.75, 3.05) is 40.6 Å². The largest absolute Gasteiger partial charge is 0.497 e. The fraction of sp³-hybridized carbons (Fsp3) is 0.447. The summed E-state index contributed by atoms with van der Waals surface area (Å²) in [6.45, 7) is 20.7. The Bertz CT molecular complexity index is 1840. The molecule has 1 aliphatic rings. The van der Waals surface area contributed by atoms with Crippen LogP contribution >= 0.6 is 8.53 Å². The quantitative estimate of drug-likeness (QED) is 0.0382. The molecule has 0 spiro atoms. The van der Waals surface area contributed by atoms with Crippen LogP contribution in [0.2, 0.25) is 0 Å². The van der Waals surface area contributed by atoms with E-state index in [9.17, 15) is 4.79 Å². The first-order chi connectivity index (χ1) is 28.6. The van der Waals surface area contributed by atoms with Crippen LogP contribution in [0.5, 0.6) is 11.5 Å². The summed E-state index contributed by atoms with van der Waals surface area (Å²) in [6.07, 6.45) is -1.02. The zero-order valence-corrected chi connectivity index (χ0v) is 36.5. The van der Waals surface area contributed by atoms with Crippen molar-refractivity contribution in [1.29, 1.82) is 0 Å². The van der Waals surface area contributed by atoms with Gasteiger partial charge in [0.15, 0.2) is 6.29 Å². The number of hydrogen-bond acceptors (Lipinski definition) is 9. The first-order valence-electron chi connectivity index (χ1n) is 20.4. The second-order valence-electron chi connectivity index (χ2n) is 15.0. The smallest absolute Gasteiger partial charge is 0.259 e. The molecule has 6 atom stereocenters. The Kier molecular flexibility index (Phi) is 17.3. The summed E-state index contributed by atoms with van der Waals surface area (Å²) in [6, 6.07) is 34.7. The van der Waals surface area contributed by atoms with Crippen LogP contribution in [-0.4, -0.2) is 87.8 Å². The van der Waals surface area contributed by atoms with Crippen molar-refractivity contribution in [3.05, 3.63) is 143 Å². The molecule has 0 aliphatic carbocycles. The number of nitrogens with one attached hydrogen (secondary N) is 1. The van der Waals surface area contributed by atoms with Crippen LogP contribution in [0.4, 0.5) is 0 Å². The molecule has 1 heterocycles. The molecule has 0 radical (unpaired) electrons. The highest BCUT2D eigenvalue weighted by Gasteiger charge is 2.47. The molecule has 59 heavy (non-hydrogen) atoms. The fourth-order valence-corrected chi connectivity index (χ4v) is 9.44. The van der Waals surface area contributed by atoms with Gasteiger partial charge in [0.2, 0.25) is 6.54 Å². The van der Waals surface area contributed by atoms with Gasteiger partial charge in [0.25, 0.3) is 14.4 Å². The van der Waals surface area contributed by atoms with Gasteiger partial charge in [-0.1, -0.05) is 86.6 Å². The molecule has 4 aromatic rings. The molecule has 0 bridgehead atoms. The molecule has 11 nitrogen and oxygen atoms in total. The molecule has 316 valence electrons. The SMILES string of the molecule is [C-]#[N+]CCOP(OC1C(CC)OC(OCCOC(c2ccccc2)(c2ccc(OC)cc2)c2ccc(OC)cc2)C(NC(=O)c2ccccc2)C1C)N(C(C)C)C(C)C. The van der Waals surface area contributed by atoms with Crippen molar-refractivity contribution in [2.45, 2.75) is 90.2 Å². The highest BCUT2D eigenvalue weighted by Crippen LogP contribution is 2.50. The monoisotopic (exact) mass is 825 g/mol. The molecule has 0 saturated carbocycles. The Morgan fingerprint density at radius 3 is 1.86 bits per heavy atom. The van der Waals surface area contributed by atoms with Crippen LogP contribution in [-0.2, 0) is 28.9 Å². The third-order valence-corrected chi connectivity index (χ3v) is 12.6. The van der Waals surface area contributed by atoms with E-state index >= 15 is 0 Å². The van der Waals surface area contributed by atoms with E-state index in [2.05, 4.69) is 68.5 Å². The van der Waals surface area contributed by atoms with Crippen molar-refractivity contribution in [3.63, 3.8) is 0 Å². The predicted molar refractivity (Wildman–Crippen MR) is 231 cm³/mol. The standard InChI is InChI=1S/C47H60N3O8P/c1-10-42-44(58-59(56-30-29-48-7)50(33(2)3)34(4)5)35(6)43(49-45(51)36-17-13-11-14-18-36)46(57-42)54-31-32-55-47(37-19-15-12-16-20-37,38-21-25-40(52-8)26-22-38)39-23-27-41(53-9)28-24-39/h11-28,33-35,42-44,46H,10,29-32H2,1-6,8-9H3,(H,49,51). The number of ether oxygens (including phenoxy) is 5. The van der Waals surface area contributed by atoms with E-state index in [1.165, 1.54) is 0 Å². The number of nitrogens with zero attached hydrogens (tertiary/aromatic N) is 2. The number of methoxy groups -OCH3 is 2. The predicted octanol–water partition coefficient (Wildman–Crippen LogP) is 9.27. The number of rotatable bonds is 21. The molecule has 1 saturated heterocycles. The first-order valence-corrected chi connectivity index (χ1v) is 21.5. The molecule has 12 heteroatoms. The molecule has 1 fully saturated rings. The molecule has 5 rings (SSSR count). The van der Waals surface area contributed by atoms with Crippen molar-refractivity contribution < 1.29 is 37.5 Å². The Balaban J connectivity index is 1.45. The Morgan fingerprint density at radius 1 is 0.814 bits per heavy atom. The Morgan fingerprint density at radius 2 is 1.36 bits per heavy atom. The number of carbonyl (C=O) groups excluding carboxylic acids is 1. The van der Waals surface area contributed by atoms with Gasteiger partial charge in [-0.15, -0.1) is 0 Å². The molecular weight excluding hydrogens is 766 g/mol. The summed E-state index contributed by atoms with van der Waals surface area (Å²) >= 11 is 0. The minimum Gasteiger partial charge on any atom is -0.497 e. The van der Waals surface area contributed by atoms with Gasteiger partial charge in [-0.25, -0.2) is 11.2 Å². The number of carbonyl (C=O) groups is 1. The lowest BCUT2D eigenvalue weighted by molar-refractivity contribution is -0.250. The minimum atomic E-state index is -1.57. The van der Waals surface area contributed by atoms with Gasteiger partial charge in [-0.05, 0) is 87.2 Å². The topological polar surface area (TPSA) is 101 Å². The van der Waals surface area contributed by atoms with E-state index in [0.717, 1.165) is 28.2 Å². The van der Waals surface area contributed by atoms with Gasteiger partial charge < -0.3 is 42.9 Å². The Hall–Kier alpha value is -4.37. The van der Waals surface area contributed by atoms with E-state index in [1.807, 2.05) is 84.9 Å². The van der Waals surface area contributed by atoms with Crippen molar-refractivity contribution in [2.24, 2.45) is 5.92 Å². The van der Waals surface area contributed by atoms with Gasteiger partial charge in [0.1, 0.15) is 23.7 Å². The van der Waals surface area contributed by atoms with E-state index in [-0.39, 0.29) is 56.4 Å². The maximum Gasteiger partial charge on any atom is 0.259 e. The second kappa shape index (κ2) is 22.3. The summed E-state index contributed by atoms with van der Waals surface area (Å²) in [4.78, 5) is 17.3. The van der Waals surface area contributed by atoms with Crippen molar-refractivity contribution in [1.82, 2.24) is 9.99 Å². The van der Waals surface area contributed by atoms with Gasteiger partial charge in [0.05, 0.1) is 45.7 Å². The number of hydrogen-bond donors (Lipinski definition) is 1. The van der Waals surface area contributed by atoms with E-state index < -0.39 is 32.6 Å². The first kappa shape index (κ1) is 45.7. The van der Waals surface area contributed by atoms with Crippen LogP contribution in [0.3, 0.4) is 0 Å². The highest BCUT2D eigenvalue weighted by molar-refractivity contribution is 7.44. The van der Waals surface area contributed by atoms with Gasteiger partial charge in [-0.3, -0.25) is 4.79 Å². The maximum atomic E-state index is 13.8. The maximum absolute atomic E-state index is 13.8. The molecule has 6 unspecified atom stereocenters.